The second-order valence-corrected chi connectivity index (χ2v) is 5.46. The highest BCUT2D eigenvalue weighted by Crippen LogP contribution is 2.26. The van der Waals surface area contributed by atoms with Gasteiger partial charge in [-0.05, 0) is 18.3 Å². The molecule has 0 bridgehead atoms. The normalized spacial score (nSPS) is 12.9. The second-order valence-electron chi connectivity index (χ2n) is 5.46. The third-order valence-electron chi connectivity index (χ3n) is 2.93. The van der Waals surface area contributed by atoms with Crippen molar-refractivity contribution in [1.82, 2.24) is 5.32 Å². The molecule has 0 heterocycles. The van der Waals surface area contributed by atoms with Crippen molar-refractivity contribution in [2.45, 2.75) is 47.5 Å². The smallest absolute Gasteiger partial charge is 0.310 e. The molecule has 0 aliphatic rings. The monoisotopic (exact) mass is 215 g/mol. The summed E-state index contributed by atoms with van der Waals surface area (Å²) in [5, 5.41) is 12.5. The Morgan fingerprint density at radius 1 is 1.13 bits per heavy atom. The van der Waals surface area contributed by atoms with E-state index in [1.54, 1.807) is 0 Å². The summed E-state index contributed by atoms with van der Waals surface area (Å²) in [6.45, 7) is 11.7. The van der Waals surface area contributed by atoms with Gasteiger partial charge < -0.3 is 10.4 Å². The van der Waals surface area contributed by atoms with Gasteiger partial charge in [-0.15, -0.1) is 0 Å². The maximum atomic E-state index is 11.2. The molecule has 0 aliphatic heterocycles. The van der Waals surface area contributed by atoms with E-state index >= 15 is 0 Å². The van der Waals surface area contributed by atoms with Crippen LogP contribution in [0.3, 0.4) is 0 Å². The Hall–Kier alpha value is -0.570. The molecule has 0 aromatic carbocycles. The number of hydrogen-bond acceptors (Lipinski definition) is 2. The summed E-state index contributed by atoms with van der Waals surface area (Å²) < 4.78 is 0. The van der Waals surface area contributed by atoms with E-state index in [-0.39, 0.29) is 5.41 Å². The molecule has 0 aromatic heterocycles. The first-order valence-corrected chi connectivity index (χ1v) is 5.71. The van der Waals surface area contributed by atoms with Gasteiger partial charge in [0.05, 0.1) is 5.41 Å². The molecule has 0 saturated carbocycles. The van der Waals surface area contributed by atoms with Crippen molar-refractivity contribution >= 4 is 5.97 Å². The fourth-order valence-electron chi connectivity index (χ4n) is 1.55. The maximum absolute atomic E-state index is 11.2. The van der Waals surface area contributed by atoms with Crippen LogP contribution in [0.2, 0.25) is 0 Å². The molecule has 90 valence electrons. The molecular formula is C12H25NO2. The average Bonchev–Trinajstić information content (AvgIpc) is 2.10. The van der Waals surface area contributed by atoms with E-state index in [9.17, 15) is 9.90 Å². The van der Waals surface area contributed by atoms with Crippen LogP contribution in [0.25, 0.3) is 0 Å². The summed E-state index contributed by atoms with van der Waals surface area (Å²) >= 11 is 0. The van der Waals surface area contributed by atoms with Crippen molar-refractivity contribution in [3.05, 3.63) is 0 Å². The number of carboxylic acid groups (broad SMARTS) is 1. The van der Waals surface area contributed by atoms with Crippen LogP contribution >= 0.6 is 0 Å². The van der Waals surface area contributed by atoms with Crippen molar-refractivity contribution in [1.29, 1.82) is 0 Å². The van der Waals surface area contributed by atoms with Gasteiger partial charge >= 0.3 is 5.97 Å². The lowest BCUT2D eigenvalue weighted by molar-refractivity contribution is -0.149. The summed E-state index contributed by atoms with van der Waals surface area (Å²) in [6.07, 6.45) is 1.35. The zero-order chi connectivity index (χ0) is 12.1. The molecule has 2 N–H and O–H groups in total. The van der Waals surface area contributed by atoms with Gasteiger partial charge in [0.1, 0.15) is 0 Å². The van der Waals surface area contributed by atoms with Crippen molar-refractivity contribution in [2.24, 2.45) is 10.8 Å². The Kier molecular flexibility index (Phi) is 5.29. The Labute approximate surface area is 93.3 Å². The van der Waals surface area contributed by atoms with Crippen molar-refractivity contribution < 1.29 is 9.90 Å². The zero-order valence-electron chi connectivity index (χ0n) is 10.7. The number of hydrogen-bond donors (Lipinski definition) is 2. The molecule has 0 unspecified atom stereocenters. The fourth-order valence-corrected chi connectivity index (χ4v) is 1.55. The molecule has 0 amide bonds. The summed E-state index contributed by atoms with van der Waals surface area (Å²) in [5.41, 5.74) is -0.392. The molecule has 0 spiro atoms. The van der Waals surface area contributed by atoms with Crippen molar-refractivity contribution in [3.63, 3.8) is 0 Å². The Bertz CT molecular complexity index is 202. The van der Waals surface area contributed by atoms with Crippen LogP contribution in [0.15, 0.2) is 0 Å². The number of carboxylic acids is 1. The van der Waals surface area contributed by atoms with Crippen molar-refractivity contribution in [2.75, 3.05) is 13.1 Å². The Morgan fingerprint density at radius 2 is 1.60 bits per heavy atom. The SMILES string of the molecule is CCC(CC)(CNCC(C)(C)C)C(=O)O. The van der Waals surface area contributed by atoms with E-state index in [0.29, 0.717) is 19.4 Å². The molecular weight excluding hydrogens is 190 g/mol. The molecule has 0 aromatic rings. The van der Waals surface area contributed by atoms with Crippen molar-refractivity contribution in [3.8, 4) is 0 Å². The minimum Gasteiger partial charge on any atom is -0.481 e. The van der Waals surface area contributed by atoms with Gasteiger partial charge in [-0.25, -0.2) is 0 Å². The van der Waals surface area contributed by atoms with E-state index in [1.165, 1.54) is 0 Å². The van der Waals surface area contributed by atoms with E-state index in [4.69, 9.17) is 0 Å². The predicted octanol–water partition coefficient (Wildman–Crippen LogP) is 2.51. The lowest BCUT2D eigenvalue weighted by Gasteiger charge is -2.29. The van der Waals surface area contributed by atoms with Gasteiger partial charge in [-0.3, -0.25) is 4.79 Å². The predicted molar refractivity (Wildman–Crippen MR) is 63.0 cm³/mol. The highest BCUT2D eigenvalue weighted by Gasteiger charge is 2.34. The highest BCUT2D eigenvalue weighted by molar-refractivity contribution is 5.74. The van der Waals surface area contributed by atoms with Crippen LogP contribution < -0.4 is 5.32 Å². The lowest BCUT2D eigenvalue weighted by Crippen LogP contribution is -2.42. The summed E-state index contributed by atoms with van der Waals surface area (Å²) in [4.78, 5) is 11.2. The summed E-state index contributed by atoms with van der Waals surface area (Å²) in [7, 11) is 0. The quantitative estimate of drug-likeness (QED) is 0.715. The van der Waals surface area contributed by atoms with Crippen LogP contribution in [0.1, 0.15) is 47.5 Å². The van der Waals surface area contributed by atoms with Gasteiger partial charge in [-0.2, -0.15) is 0 Å². The minimum atomic E-state index is -0.686. The second kappa shape index (κ2) is 5.50. The molecule has 0 saturated heterocycles. The van der Waals surface area contributed by atoms with E-state index < -0.39 is 11.4 Å². The van der Waals surface area contributed by atoms with Gasteiger partial charge in [0.15, 0.2) is 0 Å². The third kappa shape index (κ3) is 4.65. The first kappa shape index (κ1) is 14.4. The van der Waals surface area contributed by atoms with Crippen LogP contribution in [-0.2, 0) is 4.79 Å². The molecule has 0 aliphatic carbocycles. The number of carbonyl (C=O) groups is 1. The van der Waals surface area contributed by atoms with Crippen LogP contribution in [0.5, 0.6) is 0 Å². The molecule has 15 heavy (non-hydrogen) atoms. The van der Waals surface area contributed by atoms with Gasteiger partial charge in [0, 0.05) is 13.1 Å². The van der Waals surface area contributed by atoms with Crippen LogP contribution in [0, 0.1) is 10.8 Å². The van der Waals surface area contributed by atoms with E-state index in [1.807, 2.05) is 13.8 Å². The molecule has 3 heteroatoms. The minimum absolute atomic E-state index is 0.200. The number of aliphatic carboxylic acids is 1. The molecule has 0 radical (unpaired) electrons. The largest absolute Gasteiger partial charge is 0.481 e. The maximum Gasteiger partial charge on any atom is 0.310 e. The third-order valence-corrected chi connectivity index (χ3v) is 2.93. The Morgan fingerprint density at radius 3 is 1.87 bits per heavy atom. The topological polar surface area (TPSA) is 49.3 Å². The number of nitrogens with one attached hydrogen (secondary N) is 1. The van der Waals surface area contributed by atoms with E-state index in [2.05, 4.69) is 26.1 Å². The Balaban J connectivity index is 4.26. The van der Waals surface area contributed by atoms with Gasteiger partial charge in [0.2, 0.25) is 0 Å². The first-order chi connectivity index (χ1) is 6.77. The van der Waals surface area contributed by atoms with Crippen LogP contribution in [-0.4, -0.2) is 24.2 Å². The number of rotatable bonds is 6. The molecule has 0 atom stereocenters. The van der Waals surface area contributed by atoms with E-state index in [0.717, 1.165) is 6.54 Å². The zero-order valence-corrected chi connectivity index (χ0v) is 10.7. The molecule has 0 fully saturated rings. The summed E-state index contributed by atoms with van der Waals surface area (Å²) in [5.74, 6) is -0.686. The first-order valence-electron chi connectivity index (χ1n) is 5.71. The standard InChI is InChI=1S/C12H25NO2/c1-6-12(7-2,10(14)15)9-13-8-11(3,4)5/h13H,6-9H2,1-5H3,(H,14,15). The summed E-state index contributed by atoms with van der Waals surface area (Å²) in [6, 6.07) is 0. The molecule has 3 nitrogen and oxygen atoms in total. The fraction of sp³-hybridized carbons (Fsp3) is 0.917. The van der Waals surface area contributed by atoms with Gasteiger partial charge in [0.25, 0.3) is 0 Å². The average molecular weight is 215 g/mol. The molecule has 0 rings (SSSR count). The van der Waals surface area contributed by atoms with Gasteiger partial charge in [-0.1, -0.05) is 34.6 Å². The lowest BCUT2D eigenvalue weighted by atomic mass is 9.82. The highest BCUT2D eigenvalue weighted by atomic mass is 16.4. The van der Waals surface area contributed by atoms with Crippen LogP contribution in [0.4, 0.5) is 0 Å².